The summed E-state index contributed by atoms with van der Waals surface area (Å²) in [6.45, 7) is 8.99. The number of hydrogen-bond acceptors (Lipinski definition) is 6. The van der Waals surface area contributed by atoms with Crippen LogP contribution in [0.4, 0.5) is 0 Å². The summed E-state index contributed by atoms with van der Waals surface area (Å²) in [5.74, 6) is 0.0475. The highest BCUT2D eigenvalue weighted by atomic mass is 16.6. The number of hydrogen-bond donors (Lipinski definition) is 0. The van der Waals surface area contributed by atoms with E-state index in [1.165, 1.54) is 173 Å². The molecule has 0 aromatic rings. The van der Waals surface area contributed by atoms with Crippen molar-refractivity contribution in [2.24, 2.45) is 5.92 Å². The van der Waals surface area contributed by atoms with Crippen molar-refractivity contribution < 1.29 is 28.6 Å². The van der Waals surface area contributed by atoms with E-state index in [4.69, 9.17) is 14.2 Å². The lowest BCUT2D eigenvalue weighted by Gasteiger charge is -2.18. The fourth-order valence-corrected chi connectivity index (χ4v) is 7.66. The number of ether oxygens (including phenoxy) is 3. The van der Waals surface area contributed by atoms with Crippen LogP contribution >= 0.6 is 0 Å². The molecule has 0 rings (SSSR count). The molecule has 0 amide bonds. The van der Waals surface area contributed by atoms with E-state index in [-0.39, 0.29) is 31.1 Å². The molecule has 0 aliphatic heterocycles. The number of esters is 3. The van der Waals surface area contributed by atoms with Crippen molar-refractivity contribution in [3.05, 3.63) is 0 Å². The van der Waals surface area contributed by atoms with Gasteiger partial charge in [-0.15, -0.1) is 0 Å². The maximum Gasteiger partial charge on any atom is 0.306 e. The van der Waals surface area contributed by atoms with Gasteiger partial charge in [0, 0.05) is 19.3 Å². The van der Waals surface area contributed by atoms with E-state index in [9.17, 15) is 14.4 Å². The Morgan fingerprint density at radius 1 is 0.351 bits per heavy atom. The fourth-order valence-electron chi connectivity index (χ4n) is 7.66. The van der Waals surface area contributed by atoms with E-state index >= 15 is 0 Å². The van der Waals surface area contributed by atoms with Crippen molar-refractivity contribution in [2.75, 3.05) is 13.2 Å². The number of carbonyl (C=O) groups is 3. The van der Waals surface area contributed by atoms with Crippen LogP contribution < -0.4 is 0 Å². The quantitative estimate of drug-likeness (QED) is 0.0346. The van der Waals surface area contributed by atoms with Crippen LogP contribution in [0, 0.1) is 5.92 Å². The maximum atomic E-state index is 12.7. The molecule has 0 fully saturated rings. The molecule has 2 atom stereocenters. The molecule has 0 aliphatic carbocycles. The molecule has 0 spiro atoms. The Hall–Kier alpha value is -1.59. The van der Waals surface area contributed by atoms with Crippen LogP contribution in [0.15, 0.2) is 0 Å². The highest BCUT2D eigenvalue weighted by molar-refractivity contribution is 5.71. The summed E-state index contributed by atoms with van der Waals surface area (Å²) in [4.78, 5) is 37.6. The van der Waals surface area contributed by atoms with E-state index in [0.717, 1.165) is 70.1 Å². The zero-order valence-electron chi connectivity index (χ0n) is 38.8. The Labute approximate surface area is 355 Å². The summed E-state index contributed by atoms with van der Waals surface area (Å²) in [5.41, 5.74) is 0. The smallest absolute Gasteiger partial charge is 0.306 e. The topological polar surface area (TPSA) is 78.9 Å². The lowest BCUT2D eigenvalue weighted by Crippen LogP contribution is -2.30. The van der Waals surface area contributed by atoms with Gasteiger partial charge in [0.1, 0.15) is 13.2 Å². The van der Waals surface area contributed by atoms with Gasteiger partial charge in [-0.25, -0.2) is 0 Å². The zero-order valence-corrected chi connectivity index (χ0v) is 38.8. The van der Waals surface area contributed by atoms with Crippen molar-refractivity contribution in [1.29, 1.82) is 0 Å². The first kappa shape index (κ1) is 55.4. The van der Waals surface area contributed by atoms with E-state index in [0.29, 0.717) is 19.3 Å². The normalized spacial score (nSPS) is 12.4. The molecule has 6 heteroatoms. The Kier molecular flexibility index (Phi) is 44.2. The highest BCUT2D eigenvalue weighted by Crippen LogP contribution is 2.18. The largest absolute Gasteiger partial charge is 0.462 e. The van der Waals surface area contributed by atoms with Crippen LogP contribution in [0.5, 0.6) is 0 Å². The first-order valence-corrected chi connectivity index (χ1v) is 25.4. The minimum Gasteiger partial charge on any atom is -0.462 e. The van der Waals surface area contributed by atoms with Gasteiger partial charge in [-0.05, 0) is 25.2 Å². The van der Waals surface area contributed by atoms with Gasteiger partial charge >= 0.3 is 17.9 Å². The zero-order chi connectivity index (χ0) is 41.7. The summed E-state index contributed by atoms with van der Waals surface area (Å²) < 4.78 is 16.7. The number of rotatable bonds is 46. The van der Waals surface area contributed by atoms with Crippen molar-refractivity contribution >= 4 is 17.9 Å². The summed E-state index contributed by atoms with van der Waals surface area (Å²) in [7, 11) is 0. The second-order valence-electron chi connectivity index (χ2n) is 17.7. The highest BCUT2D eigenvalue weighted by Gasteiger charge is 2.19. The molecule has 338 valence electrons. The van der Waals surface area contributed by atoms with Crippen molar-refractivity contribution in [1.82, 2.24) is 0 Å². The predicted octanol–water partition coefficient (Wildman–Crippen LogP) is 16.3. The molecule has 0 aromatic carbocycles. The van der Waals surface area contributed by atoms with E-state index in [1.807, 2.05) is 0 Å². The Balaban J connectivity index is 4.06. The van der Waals surface area contributed by atoms with Gasteiger partial charge in [-0.1, -0.05) is 246 Å². The average Bonchev–Trinajstić information content (AvgIpc) is 3.21. The minimum atomic E-state index is -0.758. The summed E-state index contributed by atoms with van der Waals surface area (Å²) >= 11 is 0. The summed E-state index contributed by atoms with van der Waals surface area (Å²) in [6, 6.07) is 0. The molecule has 0 aromatic heterocycles. The van der Waals surface area contributed by atoms with Crippen molar-refractivity contribution in [2.45, 2.75) is 291 Å². The predicted molar refractivity (Wildman–Crippen MR) is 243 cm³/mol. The standard InChI is InChI=1S/C51H98O6/c1-5-8-10-12-13-14-15-25-28-31-35-39-43-50(53)56-46-48(45-55-49(52)42-38-33-11-9-6-2)57-51(54)44-40-36-32-29-26-23-21-19-17-16-18-20-22-24-27-30-34-37-41-47(4)7-3/h47-48H,5-46H2,1-4H3/t47?,48-/m0/s1. The maximum absolute atomic E-state index is 12.7. The lowest BCUT2D eigenvalue weighted by atomic mass is 9.99. The van der Waals surface area contributed by atoms with Crippen molar-refractivity contribution in [3.63, 3.8) is 0 Å². The summed E-state index contributed by atoms with van der Waals surface area (Å²) in [5, 5.41) is 0. The fraction of sp³-hybridized carbons (Fsp3) is 0.941. The molecule has 0 bridgehead atoms. The first-order chi connectivity index (χ1) is 27.9. The molecular formula is C51H98O6. The molecule has 0 N–H and O–H groups in total. The molecule has 0 heterocycles. The van der Waals surface area contributed by atoms with Gasteiger partial charge in [-0.3, -0.25) is 14.4 Å². The second kappa shape index (κ2) is 45.5. The molecule has 57 heavy (non-hydrogen) atoms. The molecular weight excluding hydrogens is 709 g/mol. The second-order valence-corrected chi connectivity index (χ2v) is 17.7. The summed E-state index contributed by atoms with van der Waals surface area (Å²) in [6.07, 6.45) is 46.9. The molecule has 1 unspecified atom stereocenters. The van der Waals surface area contributed by atoms with Crippen LogP contribution in [-0.2, 0) is 28.6 Å². The lowest BCUT2D eigenvalue weighted by molar-refractivity contribution is -0.167. The van der Waals surface area contributed by atoms with Crippen LogP contribution in [0.2, 0.25) is 0 Å². The van der Waals surface area contributed by atoms with E-state index in [1.54, 1.807) is 0 Å². The van der Waals surface area contributed by atoms with Gasteiger partial charge in [0.15, 0.2) is 6.10 Å². The SMILES string of the molecule is CCCCCCCCCCCCCCC(=O)OC[C@H](COC(=O)CCCCCCC)OC(=O)CCCCCCCCCCCCCCCCCCCCC(C)CC. The average molecular weight is 807 g/mol. The minimum absolute atomic E-state index is 0.0640. The molecule has 0 radical (unpaired) electrons. The Morgan fingerprint density at radius 3 is 0.912 bits per heavy atom. The van der Waals surface area contributed by atoms with Gasteiger partial charge in [0.05, 0.1) is 0 Å². The number of unbranched alkanes of at least 4 members (excludes halogenated alkanes) is 32. The van der Waals surface area contributed by atoms with E-state index in [2.05, 4.69) is 27.7 Å². The van der Waals surface area contributed by atoms with Crippen LogP contribution in [0.3, 0.4) is 0 Å². The monoisotopic (exact) mass is 807 g/mol. The van der Waals surface area contributed by atoms with Crippen LogP contribution in [0.25, 0.3) is 0 Å². The third kappa shape index (κ3) is 43.8. The molecule has 0 aliphatic rings. The van der Waals surface area contributed by atoms with Gasteiger partial charge < -0.3 is 14.2 Å². The van der Waals surface area contributed by atoms with E-state index < -0.39 is 6.10 Å². The molecule has 0 saturated carbocycles. The number of carbonyl (C=O) groups excluding carboxylic acids is 3. The van der Waals surface area contributed by atoms with Gasteiger partial charge in [-0.2, -0.15) is 0 Å². The van der Waals surface area contributed by atoms with Gasteiger partial charge in [0.25, 0.3) is 0 Å². The van der Waals surface area contributed by atoms with Crippen molar-refractivity contribution in [3.8, 4) is 0 Å². The third-order valence-electron chi connectivity index (χ3n) is 11.9. The molecule has 6 nitrogen and oxygen atoms in total. The van der Waals surface area contributed by atoms with Crippen LogP contribution in [-0.4, -0.2) is 37.2 Å². The Bertz CT molecular complexity index is 859. The molecule has 0 saturated heterocycles. The third-order valence-corrected chi connectivity index (χ3v) is 11.9. The first-order valence-electron chi connectivity index (χ1n) is 25.4. The van der Waals surface area contributed by atoms with Gasteiger partial charge in [0.2, 0.25) is 0 Å². The van der Waals surface area contributed by atoms with Crippen LogP contribution in [0.1, 0.15) is 285 Å². The Morgan fingerprint density at radius 2 is 0.614 bits per heavy atom.